The Kier molecular flexibility index (Phi) is 3.19. The van der Waals surface area contributed by atoms with Gasteiger partial charge < -0.3 is 10.4 Å². The fraction of sp³-hybridized carbons (Fsp3) is 0.500. The van der Waals surface area contributed by atoms with E-state index in [1.807, 2.05) is 18.2 Å². The second kappa shape index (κ2) is 4.61. The summed E-state index contributed by atoms with van der Waals surface area (Å²) in [5.74, 6) is -0.0492. The zero-order chi connectivity index (χ0) is 11.4. The molecule has 0 bridgehead atoms. The summed E-state index contributed by atoms with van der Waals surface area (Å²) in [5, 5.41) is 12.1. The summed E-state index contributed by atoms with van der Waals surface area (Å²) >= 11 is 0. The standard InChI is InChI=1S/C12H16N2O2/c15-9-12(5-3-6-12)11(16)14-8-10-4-1-2-7-13-10/h1-2,4,7,15H,3,5-6,8-9H2,(H,14,16). The Labute approximate surface area is 94.7 Å². The summed E-state index contributed by atoms with van der Waals surface area (Å²) in [5.41, 5.74) is 0.317. The van der Waals surface area contributed by atoms with E-state index in [1.165, 1.54) is 0 Å². The highest BCUT2D eigenvalue weighted by Gasteiger charge is 2.43. The van der Waals surface area contributed by atoms with Crippen LogP contribution in [0.25, 0.3) is 0 Å². The van der Waals surface area contributed by atoms with Gasteiger partial charge in [0.15, 0.2) is 0 Å². The number of nitrogens with zero attached hydrogens (tertiary/aromatic N) is 1. The van der Waals surface area contributed by atoms with E-state index in [4.69, 9.17) is 0 Å². The molecule has 4 nitrogen and oxygen atoms in total. The number of amides is 1. The monoisotopic (exact) mass is 220 g/mol. The molecule has 4 heteroatoms. The lowest BCUT2D eigenvalue weighted by Crippen LogP contribution is -2.47. The molecule has 0 aromatic carbocycles. The second-order valence-corrected chi connectivity index (χ2v) is 4.30. The molecule has 0 saturated heterocycles. The molecule has 0 spiro atoms. The first kappa shape index (κ1) is 11.1. The third-order valence-corrected chi connectivity index (χ3v) is 3.25. The molecule has 86 valence electrons. The van der Waals surface area contributed by atoms with Crippen molar-refractivity contribution in [1.82, 2.24) is 10.3 Å². The molecular formula is C12H16N2O2. The Morgan fingerprint density at radius 2 is 2.31 bits per heavy atom. The molecule has 2 rings (SSSR count). The van der Waals surface area contributed by atoms with Crippen molar-refractivity contribution in [3.05, 3.63) is 30.1 Å². The number of carbonyl (C=O) groups excluding carboxylic acids is 1. The van der Waals surface area contributed by atoms with Crippen molar-refractivity contribution < 1.29 is 9.90 Å². The smallest absolute Gasteiger partial charge is 0.228 e. The van der Waals surface area contributed by atoms with Gasteiger partial charge >= 0.3 is 0 Å². The van der Waals surface area contributed by atoms with Gasteiger partial charge in [-0.25, -0.2) is 0 Å². The van der Waals surface area contributed by atoms with Gasteiger partial charge in [0.1, 0.15) is 0 Å². The molecular weight excluding hydrogens is 204 g/mol. The van der Waals surface area contributed by atoms with Crippen LogP contribution in [0.15, 0.2) is 24.4 Å². The molecule has 1 aliphatic carbocycles. The van der Waals surface area contributed by atoms with Gasteiger partial charge in [0.05, 0.1) is 24.3 Å². The molecule has 1 aliphatic rings. The molecule has 0 unspecified atom stereocenters. The van der Waals surface area contributed by atoms with Crippen molar-refractivity contribution in [3.8, 4) is 0 Å². The second-order valence-electron chi connectivity index (χ2n) is 4.30. The van der Waals surface area contributed by atoms with Gasteiger partial charge in [-0.15, -0.1) is 0 Å². The number of hydrogen-bond acceptors (Lipinski definition) is 3. The van der Waals surface area contributed by atoms with Gasteiger partial charge in [0.2, 0.25) is 5.91 Å². The average molecular weight is 220 g/mol. The lowest BCUT2D eigenvalue weighted by atomic mass is 9.68. The van der Waals surface area contributed by atoms with Crippen molar-refractivity contribution in [2.24, 2.45) is 5.41 Å². The lowest BCUT2D eigenvalue weighted by Gasteiger charge is -2.38. The largest absolute Gasteiger partial charge is 0.395 e. The van der Waals surface area contributed by atoms with E-state index in [-0.39, 0.29) is 12.5 Å². The van der Waals surface area contributed by atoms with Gasteiger partial charge in [-0.05, 0) is 25.0 Å². The van der Waals surface area contributed by atoms with E-state index in [2.05, 4.69) is 10.3 Å². The summed E-state index contributed by atoms with van der Waals surface area (Å²) in [4.78, 5) is 16.0. The van der Waals surface area contributed by atoms with Crippen molar-refractivity contribution in [2.75, 3.05) is 6.61 Å². The zero-order valence-electron chi connectivity index (χ0n) is 9.15. The van der Waals surface area contributed by atoms with E-state index >= 15 is 0 Å². The van der Waals surface area contributed by atoms with E-state index in [0.717, 1.165) is 25.0 Å². The Morgan fingerprint density at radius 1 is 1.50 bits per heavy atom. The summed E-state index contributed by atoms with van der Waals surface area (Å²) in [6, 6.07) is 5.60. The van der Waals surface area contributed by atoms with Crippen molar-refractivity contribution in [2.45, 2.75) is 25.8 Å². The Hall–Kier alpha value is -1.42. The predicted molar refractivity (Wildman–Crippen MR) is 59.5 cm³/mol. The molecule has 1 aromatic rings. The number of aliphatic hydroxyl groups excluding tert-OH is 1. The molecule has 1 saturated carbocycles. The van der Waals surface area contributed by atoms with Gasteiger partial charge in [-0.1, -0.05) is 12.5 Å². The average Bonchev–Trinajstić information content (AvgIpc) is 2.27. The molecule has 0 aliphatic heterocycles. The fourth-order valence-electron chi connectivity index (χ4n) is 1.92. The predicted octanol–water partition coefficient (Wildman–Crippen LogP) is 0.860. The number of nitrogens with one attached hydrogen (secondary N) is 1. The van der Waals surface area contributed by atoms with Crippen molar-refractivity contribution in [3.63, 3.8) is 0 Å². The third kappa shape index (κ3) is 2.07. The first-order chi connectivity index (χ1) is 7.77. The van der Waals surface area contributed by atoms with Crippen LogP contribution in [0, 0.1) is 5.41 Å². The molecule has 1 fully saturated rings. The quantitative estimate of drug-likeness (QED) is 0.791. The van der Waals surface area contributed by atoms with E-state index in [9.17, 15) is 9.90 Å². The van der Waals surface area contributed by atoms with Gasteiger partial charge in [-0.3, -0.25) is 9.78 Å². The third-order valence-electron chi connectivity index (χ3n) is 3.25. The minimum atomic E-state index is -0.519. The maximum Gasteiger partial charge on any atom is 0.228 e. The van der Waals surface area contributed by atoms with Crippen LogP contribution in [0.5, 0.6) is 0 Å². The minimum absolute atomic E-state index is 0.0492. The maximum atomic E-state index is 11.9. The highest BCUT2D eigenvalue weighted by Crippen LogP contribution is 2.40. The number of aliphatic hydroxyl groups is 1. The van der Waals surface area contributed by atoms with Crippen LogP contribution in [-0.4, -0.2) is 22.6 Å². The van der Waals surface area contributed by atoms with Crippen LogP contribution in [0.4, 0.5) is 0 Å². The Morgan fingerprint density at radius 3 is 2.81 bits per heavy atom. The molecule has 0 atom stereocenters. The lowest BCUT2D eigenvalue weighted by molar-refractivity contribution is -0.139. The first-order valence-corrected chi connectivity index (χ1v) is 5.56. The summed E-state index contributed by atoms with van der Waals surface area (Å²) in [6.45, 7) is 0.377. The summed E-state index contributed by atoms with van der Waals surface area (Å²) < 4.78 is 0. The van der Waals surface area contributed by atoms with Gasteiger partial charge in [-0.2, -0.15) is 0 Å². The molecule has 1 heterocycles. The van der Waals surface area contributed by atoms with Crippen LogP contribution < -0.4 is 5.32 Å². The zero-order valence-corrected chi connectivity index (χ0v) is 9.15. The van der Waals surface area contributed by atoms with Crippen molar-refractivity contribution in [1.29, 1.82) is 0 Å². The summed E-state index contributed by atoms with van der Waals surface area (Å²) in [7, 11) is 0. The Balaban J connectivity index is 1.89. The number of carbonyl (C=O) groups is 1. The normalized spacial score (nSPS) is 17.6. The van der Waals surface area contributed by atoms with Crippen LogP contribution >= 0.6 is 0 Å². The molecule has 1 amide bonds. The van der Waals surface area contributed by atoms with Crippen LogP contribution in [-0.2, 0) is 11.3 Å². The van der Waals surface area contributed by atoms with Crippen LogP contribution in [0.2, 0.25) is 0 Å². The van der Waals surface area contributed by atoms with Crippen LogP contribution in [0.3, 0.4) is 0 Å². The molecule has 0 radical (unpaired) electrons. The Bertz CT molecular complexity index is 355. The summed E-state index contributed by atoms with van der Waals surface area (Å²) in [6.07, 6.45) is 4.30. The van der Waals surface area contributed by atoms with Crippen LogP contribution in [0.1, 0.15) is 25.0 Å². The highest BCUT2D eigenvalue weighted by molar-refractivity contribution is 5.83. The fourth-order valence-corrected chi connectivity index (χ4v) is 1.92. The highest BCUT2D eigenvalue weighted by atomic mass is 16.3. The van der Waals surface area contributed by atoms with Gasteiger partial charge in [0.25, 0.3) is 0 Å². The molecule has 16 heavy (non-hydrogen) atoms. The van der Waals surface area contributed by atoms with E-state index in [0.29, 0.717) is 6.54 Å². The topological polar surface area (TPSA) is 62.2 Å². The van der Waals surface area contributed by atoms with Crippen molar-refractivity contribution >= 4 is 5.91 Å². The molecule has 2 N–H and O–H groups in total. The van der Waals surface area contributed by atoms with Gasteiger partial charge in [0, 0.05) is 6.20 Å². The SMILES string of the molecule is O=C(NCc1ccccn1)C1(CO)CCC1. The number of rotatable bonds is 4. The van der Waals surface area contributed by atoms with E-state index in [1.54, 1.807) is 6.20 Å². The number of pyridine rings is 1. The van der Waals surface area contributed by atoms with E-state index < -0.39 is 5.41 Å². The molecule has 1 aromatic heterocycles. The number of hydrogen-bond donors (Lipinski definition) is 2. The first-order valence-electron chi connectivity index (χ1n) is 5.56. The maximum absolute atomic E-state index is 11.9. The minimum Gasteiger partial charge on any atom is -0.395 e. The number of aromatic nitrogens is 1.